The van der Waals surface area contributed by atoms with Gasteiger partial charge in [-0.05, 0) is 77.7 Å². The van der Waals surface area contributed by atoms with Gasteiger partial charge in [-0.3, -0.25) is 4.31 Å². The molecule has 0 N–H and O–H groups in total. The van der Waals surface area contributed by atoms with Crippen LogP contribution in [0.2, 0.25) is 0 Å². The third-order valence-electron chi connectivity index (χ3n) is 7.31. The number of fused-ring (bicyclic) bond motifs is 1. The van der Waals surface area contributed by atoms with E-state index in [-0.39, 0.29) is 23.8 Å². The fraction of sp³-hybridized carbons (Fsp3) is 0.108. The Kier molecular flexibility index (Phi) is 8.66. The topological polar surface area (TPSA) is 86.0 Å². The van der Waals surface area contributed by atoms with Crippen molar-refractivity contribution >= 4 is 32.6 Å². The Labute approximate surface area is 262 Å². The predicted molar refractivity (Wildman–Crippen MR) is 175 cm³/mol. The monoisotopic (exact) mass is 617 g/mol. The van der Waals surface area contributed by atoms with Crippen molar-refractivity contribution in [2.24, 2.45) is 0 Å². The average Bonchev–Trinajstić information content (AvgIpc) is 3.52. The van der Waals surface area contributed by atoms with Gasteiger partial charge in [0.2, 0.25) is 5.76 Å². The van der Waals surface area contributed by atoms with E-state index in [0.717, 1.165) is 22.3 Å². The summed E-state index contributed by atoms with van der Waals surface area (Å²) in [4.78, 5) is 12.4. The van der Waals surface area contributed by atoms with Crippen LogP contribution in [0, 0.1) is 0 Å². The van der Waals surface area contributed by atoms with Crippen molar-refractivity contribution in [1.29, 1.82) is 0 Å². The van der Waals surface area contributed by atoms with Gasteiger partial charge in [-0.1, -0.05) is 84.9 Å². The van der Waals surface area contributed by atoms with E-state index < -0.39 is 16.0 Å². The fourth-order valence-corrected chi connectivity index (χ4v) is 6.42. The Hall–Kier alpha value is -5.34. The lowest BCUT2D eigenvalue weighted by atomic mass is 10.1. The smallest absolute Gasteiger partial charge is 0.374 e. The molecule has 0 atom stereocenters. The zero-order chi connectivity index (χ0) is 31.2. The van der Waals surface area contributed by atoms with Crippen molar-refractivity contribution in [3.63, 3.8) is 0 Å². The molecule has 0 saturated carbocycles. The van der Waals surface area contributed by atoms with Crippen LogP contribution in [-0.2, 0) is 27.9 Å². The van der Waals surface area contributed by atoms with Gasteiger partial charge in [0.15, 0.2) is 0 Å². The van der Waals surface area contributed by atoms with Crippen LogP contribution in [0.4, 0.5) is 5.69 Å². The highest BCUT2D eigenvalue weighted by atomic mass is 32.2. The van der Waals surface area contributed by atoms with Crippen molar-refractivity contribution in [3.8, 4) is 16.9 Å². The van der Waals surface area contributed by atoms with E-state index >= 15 is 0 Å². The van der Waals surface area contributed by atoms with Gasteiger partial charge in [-0.25, -0.2) is 13.2 Å². The normalized spacial score (nSPS) is 11.3. The summed E-state index contributed by atoms with van der Waals surface area (Å²) >= 11 is 0. The molecule has 0 saturated heterocycles. The number of esters is 1. The number of anilines is 1. The fourth-order valence-electron chi connectivity index (χ4n) is 4.98. The molecular weight excluding hydrogens is 586 g/mol. The number of nitrogens with zero attached hydrogens (tertiary/aromatic N) is 1. The minimum Gasteiger partial charge on any atom is -0.489 e. The minimum atomic E-state index is -4.01. The van der Waals surface area contributed by atoms with Crippen LogP contribution < -0.4 is 9.04 Å². The molecule has 0 radical (unpaired) electrons. The van der Waals surface area contributed by atoms with Crippen LogP contribution in [0.1, 0.15) is 28.6 Å². The van der Waals surface area contributed by atoms with Crippen LogP contribution in [0.25, 0.3) is 22.1 Å². The van der Waals surface area contributed by atoms with Crippen LogP contribution >= 0.6 is 0 Å². The number of ether oxygens (including phenoxy) is 2. The quantitative estimate of drug-likeness (QED) is 0.136. The molecule has 45 heavy (non-hydrogen) atoms. The van der Waals surface area contributed by atoms with Crippen LogP contribution in [0.5, 0.6) is 5.75 Å². The number of carbonyl (C=O) groups is 1. The highest BCUT2D eigenvalue weighted by Crippen LogP contribution is 2.32. The van der Waals surface area contributed by atoms with Crippen molar-refractivity contribution in [2.75, 3.05) is 10.9 Å². The molecule has 0 spiro atoms. The third kappa shape index (κ3) is 6.76. The van der Waals surface area contributed by atoms with Gasteiger partial charge in [0.1, 0.15) is 17.9 Å². The zero-order valence-corrected chi connectivity index (χ0v) is 25.4. The van der Waals surface area contributed by atoms with Crippen molar-refractivity contribution in [2.45, 2.75) is 25.0 Å². The molecule has 1 aromatic heterocycles. The summed E-state index contributed by atoms with van der Waals surface area (Å²) in [6, 6.07) is 40.5. The number of hydrogen-bond acceptors (Lipinski definition) is 6. The maximum absolute atomic E-state index is 14.2. The summed E-state index contributed by atoms with van der Waals surface area (Å²) in [5.74, 6) is 0.161. The average molecular weight is 618 g/mol. The lowest BCUT2D eigenvalue weighted by Crippen LogP contribution is -2.30. The number of sulfonamides is 1. The van der Waals surface area contributed by atoms with Crippen molar-refractivity contribution in [1.82, 2.24) is 0 Å². The lowest BCUT2D eigenvalue weighted by molar-refractivity contribution is 0.0492. The molecule has 0 amide bonds. The lowest BCUT2D eigenvalue weighted by Gasteiger charge is -2.25. The summed E-state index contributed by atoms with van der Waals surface area (Å²) in [5, 5.41) is 0.583. The second kappa shape index (κ2) is 13.1. The maximum Gasteiger partial charge on any atom is 0.374 e. The molecule has 6 rings (SSSR count). The number of carbonyl (C=O) groups excluding carboxylic acids is 1. The Morgan fingerprint density at radius 3 is 2.09 bits per heavy atom. The van der Waals surface area contributed by atoms with Gasteiger partial charge in [-0.15, -0.1) is 0 Å². The number of rotatable bonds is 11. The van der Waals surface area contributed by atoms with Gasteiger partial charge < -0.3 is 13.9 Å². The van der Waals surface area contributed by atoms with Crippen LogP contribution in [0.3, 0.4) is 0 Å². The molecular formula is C37H31NO6S. The molecule has 7 nitrogen and oxygen atoms in total. The Morgan fingerprint density at radius 2 is 1.40 bits per heavy atom. The largest absolute Gasteiger partial charge is 0.489 e. The van der Waals surface area contributed by atoms with Crippen LogP contribution in [-0.4, -0.2) is 21.0 Å². The van der Waals surface area contributed by atoms with E-state index in [0.29, 0.717) is 29.0 Å². The predicted octanol–water partition coefficient (Wildman–Crippen LogP) is 8.25. The first kappa shape index (κ1) is 29.7. The molecule has 8 heteroatoms. The first-order valence-corrected chi connectivity index (χ1v) is 16.0. The van der Waals surface area contributed by atoms with Gasteiger partial charge in [-0.2, -0.15) is 0 Å². The van der Waals surface area contributed by atoms with E-state index in [1.807, 2.05) is 97.1 Å². The van der Waals surface area contributed by atoms with Gasteiger partial charge >= 0.3 is 5.97 Å². The van der Waals surface area contributed by atoms with E-state index in [2.05, 4.69) is 0 Å². The molecule has 0 aliphatic rings. The summed E-state index contributed by atoms with van der Waals surface area (Å²) in [6.45, 7) is 2.43. The molecule has 0 unspecified atom stereocenters. The SMILES string of the molecule is CCOC(=O)c1cc2cc(N(Cc3ccc(OCc4ccccc4)cc3)S(=O)(=O)c3ccc(-c4ccccc4)cc3)ccc2o1. The van der Waals surface area contributed by atoms with Crippen molar-refractivity contribution in [3.05, 3.63) is 150 Å². The highest BCUT2D eigenvalue weighted by Gasteiger charge is 2.26. The molecule has 0 aliphatic carbocycles. The van der Waals surface area contributed by atoms with E-state index in [1.54, 1.807) is 43.3 Å². The number of furan rings is 1. The molecule has 1 heterocycles. The number of benzene rings is 5. The van der Waals surface area contributed by atoms with E-state index in [9.17, 15) is 13.2 Å². The summed E-state index contributed by atoms with van der Waals surface area (Å²) in [5.41, 5.74) is 4.61. The molecule has 0 aliphatic heterocycles. The third-order valence-corrected chi connectivity index (χ3v) is 9.10. The van der Waals surface area contributed by atoms with E-state index in [1.165, 1.54) is 4.31 Å². The summed E-state index contributed by atoms with van der Waals surface area (Å²) < 4.78 is 46.5. The van der Waals surface area contributed by atoms with Crippen molar-refractivity contribution < 1.29 is 27.1 Å². The maximum atomic E-state index is 14.2. The molecule has 226 valence electrons. The Morgan fingerprint density at radius 1 is 0.733 bits per heavy atom. The van der Waals surface area contributed by atoms with E-state index in [4.69, 9.17) is 13.9 Å². The molecule has 5 aromatic carbocycles. The molecule has 0 bridgehead atoms. The highest BCUT2D eigenvalue weighted by molar-refractivity contribution is 7.92. The minimum absolute atomic E-state index is 0.0565. The first-order chi connectivity index (χ1) is 21.9. The Bertz CT molecular complexity index is 2000. The Balaban J connectivity index is 1.32. The van der Waals surface area contributed by atoms with Crippen LogP contribution in [0.15, 0.2) is 143 Å². The molecule has 0 fully saturated rings. The van der Waals surface area contributed by atoms with Gasteiger partial charge in [0.25, 0.3) is 10.0 Å². The van der Waals surface area contributed by atoms with Gasteiger partial charge in [0.05, 0.1) is 23.7 Å². The zero-order valence-electron chi connectivity index (χ0n) is 24.6. The second-order valence-corrected chi connectivity index (χ2v) is 12.2. The standard InChI is InChI=1S/C37H31NO6S/c1-2-42-37(39)36-24-31-23-32(17-22-35(31)44-36)38(25-27-13-18-33(19-14-27)43-26-28-9-5-3-6-10-28)45(40,41)34-20-15-30(16-21-34)29-11-7-4-8-12-29/h3-24H,2,25-26H2,1H3. The number of hydrogen-bond donors (Lipinski definition) is 0. The summed E-state index contributed by atoms with van der Waals surface area (Å²) in [7, 11) is -4.01. The summed E-state index contributed by atoms with van der Waals surface area (Å²) in [6.07, 6.45) is 0. The molecule has 6 aromatic rings. The van der Waals surface area contributed by atoms with Gasteiger partial charge in [0, 0.05) is 5.39 Å². The first-order valence-electron chi connectivity index (χ1n) is 14.6. The second-order valence-electron chi connectivity index (χ2n) is 10.4.